The normalized spacial score (nSPS) is 13.0. The van der Waals surface area contributed by atoms with Gasteiger partial charge in [-0.3, -0.25) is 4.98 Å². The summed E-state index contributed by atoms with van der Waals surface area (Å²) in [6, 6.07) is 5.14. The topological polar surface area (TPSA) is 85.0 Å². The Balaban J connectivity index is 1.92. The van der Waals surface area contributed by atoms with Gasteiger partial charge in [-0.15, -0.1) is 0 Å². The molecule has 1 amide bonds. The third kappa shape index (κ3) is 3.95. The summed E-state index contributed by atoms with van der Waals surface area (Å²) < 4.78 is 7.27. The second kappa shape index (κ2) is 7.73. The van der Waals surface area contributed by atoms with Gasteiger partial charge in [-0.1, -0.05) is 44.0 Å². The second-order valence-corrected chi connectivity index (χ2v) is 9.43. The van der Waals surface area contributed by atoms with E-state index in [1.54, 1.807) is 0 Å². The molecule has 0 aliphatic heterocycles. The third-order valence-electron chi connectivity index (χ3n) is 5.37. The summed E-state index contributed by atoms with van der Waals surface area (Å²) in [5.74, 6) is 1.03. The maximum atomic E-state index is 13.5. The van der Waals surface area contributed by atoms with E-state index in [2.05, 4.69) is 41.4 Å². The first-order chi connectivity index (χ1) is 14.6. The Labute approximate surface area is 189 Å². The Morgan fingerprint density at radius 3 is 2.52 bits per heavy atom. The first kappa shape index (κ1) is 21.5. The summed E-state index contributed by atoms with van der Waals surface area (Å²) in [5.41, 5.74) is 2.24. The van der Waals surface area contributed by atoms with E-state index in [9.17, 15) is 4.79 Å². The SMILES string of the molecule is Cc1cc2c(ccc3nc(Nc4c(Cl)cncc4Cl)n(C(=O)NC(C)C(C)(C)C)c32)o1. The van der Waals surface area contributed by atoms with Crippen molar-refractivity contribution in [3.05, 3.63) is 46.4 Å². The molecule has 7 nitrogen and oxygen atoms in total. The van der Waals surface area contributed by atoms with Gasteiger partial charge < -0.3 is 15.1 Å². The molecular weight excluding hydrogens is 437 g/mol. The number of benzene rings is 1. The number of rotatable bonds is 3. The van der Waals surface area contributed by atoms with Gasteiger partial charge in [-0.25, -0.2) is 14.3 Å². The fraction of sp³-hybridized carbons (Fsp3) is 0.318. The van der Waals surface area contributed by atoms with Crippen molar-refractivity contribution in [2.75, 3.05) is 5.32 Å². The number of pyridine rings is 1. The minimum Gasteiger partial charge on any atom is -0.461 e. The van der Waals surface area contributed by atoms with Crippen LogP contribution < -0.4 is 10.6 Å². The van der Waals surface area contributed by atoms with E-state index in [1.807, 2.05) is 32.0 Å². The van der Waals surface area contributed by atoms with Gasteiger partial charge in [0.25, 0.3) is 0 Å². The number of anilines is 2. The maximum absolute atomic E-state index is 13.5. The molecule has 1 atom stereocenters. The van der Waals surface area contributed by atoms with Crippen molar-refractivity contribution in [1.29, 1.82) is 0 Å². The number of aryl methyl sites for hydroxylation is 1. The monoisotopic (exact) mass is 459 g/mol. The Morgan fingerprint density at radius 2 is 1.87 bits per heavy atom. The van der Waals surface area contributed by atoms with E-state index >= 15 is 0 Å². The van der Waals surface area contributed by atoms with Gasteiger partial charge in [0.2, 0.25) is 5.95 Å². The number of imidazole rings is 1. The lowest BCUT2D eigenvalue weighted by Gasteiger charge is -2.28. The Kier molecular flexibility index (Phi) is 5.35. The molecule has 9 heteroatoms. The van der Waals surface area contributed by atoms with Crippen LogP contribution in [-0.2, 0) is 0 Å². The Morgan fingerprint density at radius 1 is 1.19 bits per heavy atom. The molecule has 162 valence electrons. The molecule has 0 radical (unpaired) electrons. The highest BCUT2D eigenvalue weighted by atomic mass is 35.5. The largest absolute Gasteiger partial charge is 0.461 e. The Hall–Kier alpha value is -2.77. The summed E-state index contributed by atoms with van der Waals surface area (Å²) in [7, 11) is 0. The lowest BCUT2D eigenvalue weighted by molar-refractivity contribution is 0.225. The summed E-state index contributed by atoms with van der Waals surface area (Å²) >= 11 is 12.6. The number of fused-ring (bicyclic) bond motifs is 3. The summed E-state index contributed by atoms with van der Waals surface area (Å²) in [5, 5.41) is 7.63. The third-order valence-corrected chi connectivity index (χ3v) is 5.94. The molecular formula is C22H23Cl2N5O2. The number of nitrogens with one attached hydrogen (secondary N) is 2. The zero-order valence-corrected chi connectivity index (χ0v) is 19.4. The average molecular weight is 460 g/mol. The van der Waals surface area contributed by atoms with Crippen LogP contribution in [0.5, 0.6) is 0 Å². The second-order valence-electron chi connectivity index (χ2n) is 8.61. The average Bonchev–Trinajstić information content (AvgIpc) is 3.23. The van der Waals surface area contributed by atoms with Crippen molar-refractivity contribution in [3.63, 3.8) is 0 Å². The molecule has 0 aliphatic rings. The van der Waals surface area contributed by atoms with Crippen molar-refractivity contribution in [2.45, 2.75) is 40.7 Å². The van der Waals surface area contributed by atoms with Crippen LogP contribution >= 0.6 is 23.2 Å². The Bertz CT molecular complexity index is 1280. The molecule has 3 heterocycles. The molecule has 0 spiro atoms. The number of halogens is 2. The molecule has 0 saturated carbocycles. The zero-order chi connectivity index (χ0) is 22.5. The van der Waals surface area contributed by atoms with Crippen LogP contribution in [0, 0.1) is 12.3 Å². The number of carbonyl (C=O) groups excluding carboxylic acids is 1. The molecule has 0 fully saturated rings. The van der Waals surface area contributed by atoms with Crippen molar-refractivity contribution in [1.82, 2.24) is 19.9 Å². The molecule has 4 rings (SSSR count). The highest BCUT2D eigenvalue weighted by molar-refractivity contribution is 6.39. The van der Waals surface area contributed by atoms with E-state index in [0.717, 1.165) is 11.1 Å². The molecule has 0 bridgehead atoms. The van der Waals surface area contributed by atoms with Gasteiger partial charge in [0.1, 0.15) is 11.3 Å². The smallest absolute Gasteiger partial charge is 0.329 e. The number of aromatic nitrogens is 3. The predicted octanol–water partition coefficient (Wildman–Crippen LogP) is 6.53. The number of amides is 1. The lowest BCUT2D eigenvalue weighted by atomic mass is 9.88. The van der Waals surface area contributed by atoms with Crippen LogP contribution in [-0.4, -0.2) is 26.6 Å². The number of hydrogen-bond acceptors (Lipinski definition) is 5. The van der Waals surface area contributed by atoms with Crippen LogP contribution in [0.3, 0.4) is 0 Å². The quantitative estimate of drug-likeness (QED) is 0.363. The molecule has 4 aromatic rings. The first-order valence-electron chi connectivity index (χ1n) is 9.84. The number of nitrogens with zero attached hydrogens (tertiary/aromatic N) is 3. The van der Waals surface area contributed by atoms with Crippen LogP contribution in [0.15, 0.2) is 35.0 Å². The van der Waals surface area contributed by atoms with Crippen molar-refractivity contribution < 1.29 is 9.21 Å². The van der Waals surface area contributed by atoms with Gasteiger partial charge in [0.05, 0.1) is 26.8 Å². The maximum Gasteiger partial charge on any atom is 0.329 e. The number of hydrogen-bond donors (Lipinski definition) is 2. The van der Waals surface area contributed by atoms with E-state index < -0.39 is 0 Å². The van der Waals surface area contributed by atoms with E-state index in [0.29, 0.717) is 32.3 Å². The van der Waals surface area contributed by atoms with Gasteiger partial charge in [-0.05, 0) is 37.5 Å². The highest BCUT2D eigenvalue weighted by Gasteiger charge is 2.26. The van der Waals surface area contributed by atoms with E-state index in [4.69, 9.17) is 27.6 Å². The van der Waals surface area contributed by atoms with Crippen LogP contribution in [0.4, 0.5) is 16.4 Å². The standard InChI is InChI=1S/C22H23Cl2N5O2/c1-11-8-13-17(31-11)7-6-16-19(13)29(21(30)26-12(2)22(3,4)5)20(27-16)28-18-14(23)9-25-10-15(18)24/h6-10,12H,1-5H3,(H,26,30)(H,25,27,28). The predicted molar refractivity (Wildman–Crippen MR) is 125 cm³/mol. The van der Waals surface area contributed by atoms with Gasteiger partial charge in [0, 0.05) is 23.8 Å². The van der Waals surface area contributed by atoms with Crippen LogP contribution in [0.1, 0.15) is 33.5 Å². The summed E-state index contributed by atoms with van der Waals surface area (Å²) in [6.07, 6.45) is 2.95. The van der Waals surface area contributed by atoms with E-state index in [-0.39, 0.29) is 23.4 Å². The molecule has 1 aromatic carbocycles. The highest BCUT2D eigenvalue weighted by Crippen LogP contribution is 2.35. The molecule has 0 saturated heterocycles. The van der Waals surface area contributed by atoms with Crippen LogP contribution in [0.25, 0.3) is 22.0 Å². The van der Waals surface area contributed by atoms with E-state index in [1.165, 1.54) is 17.0 Å². The summed E-state index contributed by atoms with van der Waals surface area (Å²) in [4.78, 5) is 22.1. The first-order valence-corrected chi connectivity index (χ1v) is 10.6. The fourth-order valence-corrected chi connectivity index (χ4v) is 3.66. The molecule has 0 aliphatic carbocycles. The fourth-order valence-electron chi connectivity index (χ4n) is 3.20. The molecule has 31 heavy (non-hydrogen) atoms. The molecule has 1 unspecified atom stereocenters. The number of carbonyl (C=O) groups is 1. The minimum atomic E-state index is -0.319. The van der Waals surface area contributed by atoms with Gasteiger partial charge >= 0.3 is 6.03 Å². The molecule has 3 aromatic heterocycles. The number of furan rings is 1. The zero-order valence-electron chi connectivity index (χ0n) is 17.9. The molecule has 2 N–H and O–H groups in total. The van der Waals surface area contributed by atoms with Crippen molar-refractivity contribution in [2.24, 2.45) is 5.41 Å². The minimum absolute atomic E-state index is 0.0938. The summed E-state index contributed by atoms with van der Waals surface area (Å²) in [6.45, 7) is 10.0. The van der Waals surface area contributed by atoms with Gasteiger partial charge in [0.15, 0.2) is 0 Å². The lowest BCUT2D eigenvalue weighted by Crippen LogP contribution is -2.43. The van der Waals surface area contributed by atoms with Crippen molar-refractivity contribution >= 4 is 62.9 Å². The van der Waals surface area contributed by atoms with Gasteiger partial charge in [-0.2, -0.15) is 0 Å². The van der Waals surface area contributed by atoms with Crippen molar-refractivity contribution in [3.8, 4) is 0 Å². The van der Waals surface area contributed by atoms with Crippen LogP contribution in [0.2, 0.25) is 10.0 Å².